The van der Waals surface area contributed by atoms with Crippen molar-refractivity contribution in [1.29, 1.82) is 0 Å². The van der Waals surface area contributed by atoms with E-state index in [0.29, 0.717) is 18.1 Å². The summed E-state index contributed by atoms with van der Waals surface area (Å²) in [6.45, 7) is 2.45. The van der Waals surface area contributed by atoms with Gasteiger partial charge in [-0.15, -0.1) is 0 Å². The molecule has 0 bridgehead atoms. The second-order valence-electron chi connectivity index (χ2n) is 3.76. The molecule has 0 spiro atoms. The van der Waals surface area contributed by atoms with Crippen molar-refractivity contribution in [1.82, 2.24) is 5.32 Å². The number of halogens is 1. The minimum absolute atomic E-state index is 0.0811. The van der Waals surface area contributed by atoms with Crippen molar-refractivity contribution >= 4 is 5.96 Å². The Hall–Kier alpha value is -1.58. The van der Waals surface area contributed by atoms with E-state index in [9.17, 15) is 4.39 Å². The van der Waals surface area contributed by atoms with Crippen LogP contribution in [0.5, 0.6) is 0 Å². The maximum Gasteiger partial charge on any atom is 0.189 e. The predicted molar refractivity (Wildman–Crippen MR) is 58.1 cm³/mol. The number of hydrogen-bond donors (Lipinski definition) is 2. The summed E-state index contributed by atoms with van der Waals surface area (Å²) in [7, 11) is 0. The molecular formula is C11H14FN3. The van der Waals surface area contributed by atoms with Crippen molar-refractivity contribution in [3.63, 3.8) is 0 Å². The van der Waals surface area contributed by atoms with Gasteiger partial charge in [0.2, 0.25) is 0 Å². The second-order valence-corrected chi connectivity index (χ2v) is 3.76. The summed E-state index contributed by atoms with van der Waals surface area (Å²) in [4.78, 5) is 4.04. The summed E-state index contributed by atoms with van der Waals surface area (Å²) in [6, 6.07) is 5.35. The van der Waals surface area contributed by atoms with Crippen LogP contribution in [0, 0.1) is 12.7 Å². The lowest BCUT2D eigenvalue weighted by molar-refractivity contribution is 0.557. The molecule has 80 valence electrons. The molecule has 0 saturated heterocycles. The molecule has 3 N–H and O–H groups in total. The highest BCUT2D eigenvalue weighted by atomic mass is 19.1. The van der Waals surface area contributed by atoms with E-state index in [1.807, 2.05) is 6.07 Å². The molecule has 4 heteroatoms. The van der Waals surface area contributed by atoms with E-state index in [0.717, 1.165) is 12.0 Å². The third-order valence-corrected chi connectivity index (χ3v) is 2.62. The van der Waals surface area contributed by atoms with Gasteiger partial charge in [0.1, 0.15) is 5.82 Å². The third-order valence-electron chi connectivity index (χ3n) is 2.62. The highest BCUT2D eigenvalue weighted by Gasteiger charge is 2.16. The lowest BCUT2D eigenvalue weighted by atomic mass is 10.0. The molecule has 1 aromatic carbocycles. The van der Waals surface area contributed by atoms with Crippen LogP contribution in [0.15, 0.2) is 23.2 Å². The fourth-order valence-corrected chi connectivity index (χ4v) is 1.69. The van der Waals surface area contributed by atoms with E-state index in [-0.39, 0.29) is 11.9 Å². The van der Waals surface area contributed by atoms with Crippen molar-refractivity contribution in [2.45, 2.75) is 19.4 Å². The minimum atomic E-state index is -0.171. The average Bonchev–Trinajstić information content (AvgIpc) is 2.22. The number of aliphatic imine (C=N–C) groups is 1. The first-order valence-corrected chi connectivity index (χ1v) is 4.99. The zero-order chi connectivity index (χ0) is 10.8. The first-order valence-electron chi connectivity index (χ1n) is 4.99. The Kier molecular flexibility index (Phi) is 2.58. The average molecular weight is 207 g/mol. The Morgan fingerprint density at radius 3 is 3.00 bits per heavy atom. The van der Waals surface area contributed by atoms with Gasteiger partial charge >= 0.3 is 0 Å². The first-order chi connectivity index (χ1) is 7.16. The Bertz CT molecular complexity index is 401. The normalized spacial score (nSPS) is 20.7. The van der Waals surface area contributed by atoms with Crippen LogP contribution in [-0.2, 0) is 0 Å². The number of nitrogens with one attached hydrogen (secondary N) is 1. The molecule has 0 aromatic heterocycles. The van der Waals surface area contributed by atoms with Crippen LogP contribution < -0.4 is 11.1 Å². The molecule has 1 aliphatic heterocycles. The standard InChI is InChI=1S/C11H14FN3/c1-7-2-3-8(6-9(7)12)10-4-5-14-11(13)15-10/h2-3,6,10H,4-5H2,1H3,(H3,13,14,15). The highest BCUT2D eigenvalue weighted by Crippen LogP contribution is 2.21. The summed E-state index contributed by atoms with van der Waals surface area (Å²) in [5.41, 5.74) is 7.17. The SMILES string of the molecule is Cc1ccc(C2CCN=C(N)N2)cc1F. The van der Waals surface area contributed by atoms with Crippen molar-refractivity contribution in [2.24, 2.45) is 10.7 Å². The zero-order valence-electron chi connectivity index (χ0n) is 8.63. The molecule has 1 aliphatic rings. The molecule has 1 aromatic rings. The van der Waals surface area contributed by atoms with E-state index in [1.54, 1.807) is 19.1 Å². The Labute approximate surface area is 88.2 Å². The topological polar surface area (TPSA) is 50.4 Å². The number of benzene rings is 1. The van der Waals surface area contributed by atoms with Gasteiger partial charge < -0.3 is 11.1 Å². The van der Waals surface area contributed by atoms with Crippen LogP contribution >= 0.6 is 0 Å². The molecule has 2 rings (SSSR count). The van der Waals surface area contributed by atoms with Gasteiger partial charge in [-0.2, -0.15) is 0 Å². The van der Waals surface area contributed by atoms with Gasteiger partial charge in [-0.05, 0) is 30.5 Å². The Balaban J connectivity index is 2.23. The second kappa shape index (κ2) is 3.88. The lowest BCUT2D eigenvalue weighted by Crippen LogP contribution is -2.38. The fraction of sp³-hybridized carbons (Fsp3) is 0.364. The minimum Gasteiger partial charge on any atom is -0.370 e. The number of guanidine groups is 1. The molecular weight excluding hydrogens is 193 g/mol. The number of aryl methyl sites for hydroxylation is 1. The van der Waals surface area contributed by atoms with E-state index >= 15 is 0 Å². The van der Waals surface area contributed by atoms with Crippen LogP contribution in [0.1, 0.15) is 23.6 Å². The third kappa shape index (κ3) is 2.09. The quantitative estimate of drug-likeness (QED) is 0.733. The molecule has 0 fully saturated rings. The van der Waals surface area contributed by atoms with Crippen molar-refractivity contribution < 1.29 is 4.39 Å². The zero-order valence-corrected chi connectivity index (χ0v) is 8.63. The largest absolute Gasteiger partial charge is 0.370 e. The molecule has 0 saturated carbocycles. The molecule has 1 atom stereocenters. The monoisotopic (exact) mass is 207 g/mol. The van der Waals surface area contributed by atoms with Crippen LogP contribution in [0.2, 0.25) is 0 Å². The van der Waals surface area contributed by atoms with E-state index in [4.69, 9.17) is 5.73 Å². The molecule has 1 unspecified atom stereocenters. The maximum atomic E-state index is 13.3. The maximum absolute atomic E-state index is 13.3. The Morgan fingerprint density at radius 2 is 2.33 bits per heavy atom. The van der Waals surface area contributed by atoms with Gasteiger partial charge in [-0.1, -0.05) is 12.1 Å². The van der Waals surface area contributed by atoms with Crippen LogP contribution in [0.4, 0.5) is 4.39 Å². The summed E-state index contributed by atoms with van der Waals surface area (Å²) < 4.78 is 13.3. The van der Waals surface area contributed by atoms with Crippen LogP contribution in [0.25, 0.3) is 0 Å². The lowest BCUT2D eigenvalue weighted by Gasteiger charge is -2.23. The summed E-state index contributed by atoms with van der Waals surface area (Å²) in [6.07, 6.45) is 0.850. The molecule has 15 heavy (non-hydrogen) atoms. The summed E-state index contributed by atoms with van der Waals surface area (Å²) in [5.74, 6) is 0.266. The van der Waals surface area contributed by atoms with Gasteiger partial charge in [0.15, 0.2) is 5.96 Å². The van der Waals surface area contributed by atoms with E-state index < -0.39 is 0 Å². The molecule has 3 nitrogen and oxygen atoms in total. The van der Waals surface area contributed by atoms with Crippen molar-refractivity contribution in [2.75, 3.05) is 6.54 Å². The summed E-state index contributed by atoms with van der Waals surface area (Å²) in [5, 5.41) is 3.04. The molecule has 1 heterocycles. The number of rotatable bonds is 1. The van der Waals surface area contributed by atoms with Gasteiger partial charge in [0.25, 0.3) is 0 Å². The number of hydrogen-bond acceptors (Lipinski definition) is 3. The van der Waals surface area contributed by atoms with E-state index in [1.165, 1.54) is 0 Å². The molecule has 0 amide bonds. The highest BCUT2D eigenvalue weighted by molar-refractivity contribution is 5.78. The Morgan fingerprint density at radius 1 is 1.53 bits per heavy atom. The van der Waals surface area contributed by atoms with Gasteiger partial charge in [0, 0.05) is 6.54 Å². The van der Waals surface area contributed by atoms with Gasteiger partial charge in [0.05, 0.1) is 6.04 Å². The predicted octanol–water partition coefficient (Wildman–Crippen LogP) is 1.48. The molecule has 0 aliphatic carbocycles. The molecule has 0 radical (unpaired) electrons. The fourth-order valence-electron chi connectivity index (χ4n) is 1.69. The smallest absolute Gasteiger partial charge is 0.189 e. The van der Waals surface area contributed by atoms with Crippen LogP contribution in [-0.4, -0.2) is 12.5 Å². The van der Waals surface area contributed by atoms with Gasteiger partial charge in [-0.3, -0.25) is 4.99 Å². The van der Waals surface area contributed by atoms with Gasteiger partial charge in [-0.25, -0.2) is 4.39 Å². The van der Waals surface area contributed by atoms with E-state index in [2.05, 4.69) is 10.3 Å². The first kappa shape index (κ1) is 9.96. The van der Waals surface area contributed by atoms with Crippen molar-refractivity contribution in [3.05, 3.63) is 35.1 Å². The van der Waals surface area contributed by atoms with Crippen molar-refractivity contribution in [3.8, 4) is 0 Å². The number of nitrogens with zero attached hydrogens (tertiary/aromatic N) is 1. The van der Waals surface area contributed by atoms with Crippen LogP contribution in [0.3, 0.4) is 0 Å². The summed E-state index contributed by atoms with van der Waals surface area (Å²) >= 11 is 0. The number of nitrogens with two attached hydrogens (primary N) is 1.